The molecule has 0 heterocycles. The summed E-state index contributed by atoms with van der Waals surface area (Å²) in [5.41, 5.74) is 7.95. The predicted molar refractivity (Wildman–Crippen MR) is 80.0 cm³/mol. The smallest absolute Gasteiger partial charge is 0.237 e. The molecule has 1 aromatic rings. The number of hydrogen-bond donors (Lipinski definition) is 2. The molecule has 0 bridgehead atoms. The Morgan fingerprint density at radius 1 is 1.47 bits per heavy atom. The molecule has 4 nitrogen and oxygen atoms in total. The third kappa shape index (κ3) is 6.09. The Hall–Kier alpha value is -1.04. The van der Waals surface area contributed by atoms with Crippen LogP contribution in [0.4, 0.5) is 0 Å². The van der Waals surface area contributed by atoms with Crippen LogP contribution in [0.5, 0.6) is 0 Å². The molecular formula is C14H22N2O2S. The summed E-state index contributed by atoms with van der Waals surface area (Å²) in [6.45, 7) is 1.08. The normalized spacial score (nSPS) is 12.2. The number of carbonyl (C=O) groups is 1. The van der Waals surface area contributed by atoms with E-state index in [1.165, 1.54) is 0 Å². The summed E-state index contributed by atoms with van der Waals surface area (Å²) in [5, 5.41) is 2.86. The van der Waals surface area contributed by atoms with Gasteiger partial charge in [0.1, 0.15) is 0 Å². The van der Waals surface area contributed by atoms with Crippen LogP contribution in [-0.2, 0) is 22.7 Å². The first kappa shape index (κ1) is 16.0. The molecule has 0 saturated heterocycles. The Morgan fingerprint density at radius 2 is 2.21 bits per heavy atom. The molecule has 1 aromatic carbocycles. The molecular weight excluding hydrogens is 260 g/mol. The fourth-order valence-corrected chi connectivity index (χ4v) is 2.18. The molecule has 0 unspecified atom stereocenters. The van der Waals surface area contributed by atoms with Gasteiger partial charge in [-0.15, -0.1) is 0 Å². The molecule has 0 radical (unpaired) electrons. The van der Waals surface area contributed by atoms with Crippen molar-refractivity contribution in [2.75, 3.05) is 19.1 Å². The number of nitrogens with two attached hydrogens (primary N) is 1. The standard InChI is InChI=1S/C14H22N2O2S/c1-18-10-12-5-3-4-11(8-12)9-16-14(17)13(15)6-7-19-2/h3-5,8,13H,6-7,9-10,15H2,1-2H3,(H,16,17)/t13-/m1/s1. The van der Waals surface area contributed by atoms with Gasteiger partial charge in [-0.2, -0.15) is 11.8 Å². The quantitative estimate of drug-likeness (QED) is 0.759. The lowest BCUT2D eigenvalue weighted by atomic mass is 10.1. The van der Waals surface area contributed by atoms with Crippen molar-refractivity contribution >= 4 is 17.7 Å². The average Bonchev–Trinajstić information content (AvgIpc) is 2.43. The van der Waals surface area contributed by atoms with Gasteiger partial charge in [0.05, 0.1) is 12.6 Å². The molecule has 0 aliphatic heterocycles. The summed E-state index contributed by atoms with van der Waals surface area (Å²) in [5.74, 6) is 0.809. The summed E-state index contributed by atoms with van der Waals surface area (Å²) < 4.78 is 5.08. The molecule has 3 N–H and O–H groups in total. The van der Waals surface area contributed by atoms with Crippen LogP contribution in [0.25, 0.3) is 0 Å². The van der Waals surface area contributed by atoms with Crippen molar-refractivity contribution in [1.82, 2.24) is 5.32 Å². The van der Waals surface area contributed by atoms with E-state index in [2.05, 4.69) is 5.32 Å². The largest absolute Gasteiger partial charge is 0.380 e. The topological polar surface area (TPSA) is 64.3 Å². The number of ether oxygens (including phenoxy) is 1. The summed E-state index contributed by atoms with van der Waals surface area (Å²) in [6, 6.07) is 7.54. The van der Waals surface area contributed by atoms with E-state index in [0.29, 0.717) is 19.6 Å². The molecule has 0 aliphatic rings. The maximum absolute atomic E-state index is 11.8. The molecule has 106 valence electrons. The van der Waals surface area contributed by atoms with Crippen molar-refractivity contribution in [1.29, 1.82) is 0 Å². The molecule has 0 fully saturated rings. The number of carbonyl (C=O) groups excluding carboxylic acids is 1. The number of methoxy groups -OCH3 is 1. The number of hydrogen-bond acceptors (Lipinski definition) is 4. The van der Waals surface area contributed by atoms with Crippen LogP contribution in [0.2, 0.25) is 0 Å². The molecule has 1 amide bonds. The first-order valence-electron chi connectivity index (χ1n) is 6.26. The van der Waals surface area contributed by atoms with Crippen molar-refractivity contribution in [2.24, 2.45) is 5.73 Å². The highest BCUT2D eigenvalue weighted by Gasteiger charge is 2.12. The van der Waals surface area contributed by atoms with Gasteiger partial charge in [0.25, 0.3) is 0 Å². The van der Waals surface area contributed by atoms with Crippen LogP contribution in [0.3, 0.4) is 0 Å². The predicted octanol–water partition coefficient (Wildman–Crippen LogP) is 1.53. The van der Waals surface area contributed by atoms with E-state index in [4.69, 9.17) is 10.5 Å². The maximum atomic E-state index is 11.8. The molecule has 0 saturated carbocycles. The van der Waals surface area contributed by atoms with Gasteiger partial charge in [0.2, 0.25) is 5.91 Å². The summed E-state index contributed by atoms with van der Waals surface area (Å²) in [6.07, 6.45) is 2.71. The molecule has 1 atom stereocenters. The second-order valence-corrected chi connectivity index (χ2v) is 5.34. The van der Waals surface area contributed by atoms with Gasteiger partial charge in [0.15, 0.2) is 0 Å². The van der Waals surface area contributed by atoms with E-state index in [-0.39, 0.29) is 5.91 Å². The summed E-state index contributed by atoms with van der Waals surface area (Å²) in [7, 11) is 1.67. The lowest BCUT2D eigenvalue weighted by molar-refractivity contribution is -0.122. The number of benzene rings is 1. The Morgan fingerprint density at radius 3 is 2.89 bits per heavy atom. The van der Waals surface area contributed by atoms with Gasteiger partial charge in [-0.05, 0) is 29.6 Å². The van der Waals surface area contributed by atoms with Gasteiger partial charge in [0, 0.05) is 13.7 Å². The molecule has 1 rings (SSSR count). The van der Waals surface area contributed by atoms with E-state index >= 15 is 0 Å². The van der Waals surface area contributed by atoms with Gasteiger partial charge in [-0.25, -0.2) is 0 Å². The van der Waals surface area contributed by atoms with E-state index in [1.807, 2.05) is 30.5 Å². The van der Waals surface area contributed by atoms with Crippen LogP contribution in [-0.4, -0.2) is 31.1 Å². The lowest BCUT2D eigenvalue weighted by Crippen LogP contribution is -2.40. The Balaban J connectivity index is 2.43. The van der Waals surface area contributed by atoms with E-state index in [0.717, 1.165) is 16.9 Å². The SMILES string of the molecule is COCc1cccc(CNC(=O)[C@H](N)CCSC)c1. The van der Waals surface area contributed by atoms with Gasteiger partial charge in [-0.1, -0.05) is 24.3 Å². The molecule has 0 aliphatic carbocycles. The Labute approximate surface area is 119 Å². The second kappa shape index (κ2) is 8.96. The minimum Gasteiger partial charge on any atom is -0.380 e. The fraction of sp³-hybridized carbons (Fsp3) is 0.500. The van der Waals surface area contributed by atoms with Crippen molar-refractivity contribution in [2.45, 2.75) is 25.6 Å². The minimum absolute atomic E-state index is 0.0915. The third-order valence-corrected chi connectivity index (χ3v) is 3.38. The van der Waals surface area contributed by atoms with E-state index in [9.17, 15) is 4.79 Å². The van der Waals surface area contributed by atoms with E-state index < -0.39 is 6.04 Å². The highest BCUT2D eigenvalue weighted by atomic mass is 32.2. The average molecular weight is 282 g/mol. The molecule has 5 heteroatoms. The summed E-state index contributed by atoms with van der Waals surface area (Å²) >= 11 is 1.70. The van der Waals surface area contributed by atoms with Crippen molar-refractivity contribution < 1.29 is 9.53 Å². The highest BCUT2D eigenvalue weighted by molar-refractivity contribution is 7.98. The number of thioether (sulfide) groups is 1. The minimum atomic E-state index is -0.422. The fourth-order valence-electron chi connectivity index (χ4n) is 1.69. The van der Waals surface area contributed by atoms with Crippen LogP contribution in [0.1, 0.15) is 17.5 Å². The zero-order valence-corrected chi connectivity index (χ0v) is 12.3. The van der Waals surface area contributed by atoms with Gasteiger partial charge < -0.3 is 15.8 Å². The Kier molecular flexibility index (Phi) is 7.55. The monoisotopic (exact) mass is 282 g/mol. The van der Waals surface area contributed by atoms with Crippen LogP contribution in [0.15, 0.2) is 24.3 Å². The second-order valence-electron chi connectivity index (χ2n) is 4.36. The van der Waals surface area contributed by atoms with E-state index in [1.54, 1.807) is 18.9 Å². The molecule has 0 aromatic heterocycles. The van der Waals surface area contributed by atoms with Crippen molar-refractivity contribution in [3.05, 3.63) is 35.4 Å². The Bertz CT molecular complexity index is 399. The van der Waals surface area contributed by atoms with Crippen LogP contribution in [0, 0.1) is 0 Å². The van der Waals surface area contributed by atoms with Crippen LogP contribution >= 0.6 is 11.8 Å². The first-order valence-corrected chi connectivity index (χ1v) is 7.65. The van der Waals surface area contributed by atoms with Crippen molar-refractivity contribution in [3.8, 4) is 0 Å². The summed E-state index contributed by atoms with van der Waals surface area (Å²) in [4.78, 5) is 11.8. The van der Waals surface area contributed by atoms with Crippen LogP contribution < -0.4 is 11.1 Å². The molecule has 0 spiro atoms. The number of rotatable bonds is 8. The van der Waals surface area contributed by atoms with Gasteiger partial charge >= 0.3 is 0 Å². The number of nitrogens with one attached hydrogen (secondary N) is 1. The number of amides is 1. The first-order chi connectivity index (χ1) is 9.17. The lowest BCUT2D eigenvalue weighted by Gasteiger charge is -2.12. The zero-order valence-electron chi connectivity index (χ0n) is 11.5. The zero-order chi connectivity index (χ0) is 14.1. The maximum Gasteiger partial charge on any atom is 0.237 e. The van der Waals surface area contributed by atoms with Crippen molar-refractivity contribution in [3.63, 3.8) is 0 Å². The van der Waals surface area contributed by atoms with Gasteiger partial charge in [-0.3, -0.25) is 4.79 Å². The highest BCUT2D eigenvalue weighted by Crippen LogP contribution is 2.06. The molecule has 19 heavy (non-hydrogen) atoms. The third-order valence-electron chi connectivity index (χ3n) is 2.74.